The van der Waals surface area contributed by atoms with Crippen molar-refractivity contribution in [1.29, 1.82) is 0 Å². The lowest BCUT2D eigenvalue weighted by molar-refractivity contribution is 0.183. The number of hydrogen-bond donors (Lipinski definition) is 1. The van der Waals surface area contributed by atoms with Crippen LogP contribution in [0.3, 0.4) is 0 Å². The summed E-state index contributed by atoms with van der Waals surface area (Å²) in [4.78, 5) is 2.54. The van der Waals surface area contributed by atoms with Gasteiger partial charge in [0.05, 0.1) is 12.1 Å². The van der Waals surface area contributed by atoms with Crippen LogP contribution < -0.4 is 10.5 Å². The van der Waals surface area contributed by atoms with Crippen LogP contribution in [0.15, 0.2) is 24.3 Å². The van der Waals surface area contributed by atoms with Crippen LogP contribution in [-0.4, -0.2) is 30.6 Å². The van der Waals surface area contributed by atoms with Crippen LogP contribution >= 0.6 is 0 Å². The lowest BCUT2D eigenvalue weighted by atomic mass is 10.0. The Bertz CT molecular complexity index is 398. The monoisotopic (exact) mass is 306 g/mol. The topological polar surface area (TPSA) is 38.5 Å². The molecular weight excluding hydrogens is 272 g/mol. The van der Waals surface area contributed by atoms with Crippen molar-refractivity contribution in [3.63, 3.8) is 0 Å². The fourth-order valence-electron chi connectivity index (χ4n) is 2.74. The van der Waals surface area contributed by atoms with E-state index in [0.717, 1.165) is 18.8 Å². The molecule has 0 spiro atoms. The van der Waals surface area contributed by atoms with E-state index < -0.39 is 0 Å². The molecule has 0 saturated carbocycles. The zero-order valence-electron chi connectivity index (χ0n) is 14.8. The van der Waals surface area contributed by atoms with Gasteiger partial charge in [-0.2, -0.15) is 0 Å². The summed E-state index contributed by atoms with van der Waals surface area (Å²) in [7, 11) is 0. The Kier molecular flexibility index (Phi) is 9.17. The molecule has 3 heteroatoms. The average molecular weight is 306 g/mol. The molecule has 0 radical (unpaired) electrons. The van der Waals surface area contributed by atoms with Gasteiger partial charge in [-0.25, -0.2) is 0 Å². The average Bonchev–Trinajstić information content (AvgIpc) is 2.51. The molecule has 1 atom stereocenters. The van der Waals surface area contributed by atoms with E-state index in [2.05, 4.69) is 50.8 Å². The number of unbranched alkanes of at least 4 members (excludes halogenated alkanes) is 2. The minimum atomic E-state index is 0.180. The highest BCUT2D eigenvalue weighted by molar-refractivity contribution is 5.36. The van der Waals surface area contributed by atoms with Gasteiger partial charge < -0.3 is 10.5 Å². The van der Waals surface area contributed by atoms with Crippen LogP contribution in [0.2, 0.25) is 0 Å². The molecule has 2 N–H and O–H groups in total. The first-order chi connectivity index (χ1) is 10.6. The first-order valence-electron chi connectivity index (χ1n) is 8.83. The van der Waals surface area contributed by atoms with Crippen molar-refractivity contribution in [3.05, 3.63) is 29.8 Å². The number of hydrogen-bond acceptors (Lipinski definition) is 3. The standard InChI is InChI=1S/C19H34N2O/c1-5-7-13-21(14-8-6-2)18(15-20)17-11-9-10-12-19(17)22-16(3)4/h9-12,16,18H,5-8,13-15,20H2,1-4H3. The van der Waals surface area contributed by atoms with Crippen molar-refractivity contribution in [2.75, 3.05) is 19.6 Å². The van der Waals surface area contributed by atoms with E-state index in [9.17, 15) is 0 Å². The Morgan fingerprint density at radius 3 is 2.14 bits per heavy atom. The Balaban J connectivity index is 2.99. The number of nitrogens with zero attached hydrogens (tertiary/aromatic N) is 1. The predicted octanol–water partition coefficient (Wildman–Crippen LogP) is 4.38. The molecule has 0 heterocycles. The maximum Gasteiger partial charge on any atom is 0.124 e. The van der Waals surface area contributed by atoms with Crippen LogP contribution in [0.5, 0.6) is 5.75 Å². The van der Waals surface area contributed by atoms with E-state index in [4.69, 9.17) is 10.5 Å². The van der Waals surface area contributed by atoms with E-state index in [1.54, 1.807) is 0 Å². The van der Waals surface area contributed by atoms with Crippen LogP contribution in [0.1, 0.15) is 65.0 Å². The lowest BCUT2D eigenvalue weighted by Crippen LogP contribution is -2.35. The summed E-state index contributed by atoms with van der Waals surface area (Å²) in [6.45, 7) is 11.5. The van der Waals surface area contributed by atoms with E-state index >= 15 is 0 Å². The minimum absolute atomic E-state index is 0.180. The molecular formula is C19H34N2O. The smallest absolute Gasteiger partial charge is 0.124 e. The third kappa shape index (κ3) is 5.98. The summed E-state index contributed by atoms with van der Waals surface area (Å²) in [5, 5.41) is 0. The second-order valence-electron chi connectivity index (χ2n) is 6.20. The highest BCUT2D eigenvalue weighted by Crippen LogP contribution is 2.30. The largest absolute Gasteiger partial charge is 0.491 e. The third-order valence-corrected chi connectivity index (χ3v) is 3.90. The van der Waals surface area contributed by atoms with Crippen LogP contribution in [0, 0.1) is 0 Å². The number of ether oxygens (including phenoxy) is 1. The predicted molar refractivity (Wildman–Crippen MR) is 95.4 cm³/mol. The van der Waals surface area contributed by atoms with Crippen LogP contribution in [-0.2, 0) is 0 Å². The van der Waals surface area contributed by atoms with Crippen molar-refractivity contribution in [2.45, 2.75) is 65.5 Å². The van der Waals surface area contributed by atoms with Gasteiger partial charge in [0.2, 0.25) is 0 Å². The van der Waals surface area contributed by atoms with Gasteiger partial charge in [-0.15, -0.1) is 0 Å². The van der Waals surface area contributed by atoms with Crippen molar-refractivity contribution >= 4 is 0 Å². The SMILES string of the molecule is CCCCN(CCCC)C(CN)c1ccccc1OC(C)C. The molecule has 1 aromatic rings. The Hall–Kier alpha value is -1.06. The molecule has 1 unspecified atom stereocenters. The number of benzene rings is 1. The lowest BCUT2D eigenvalue weighted by Gasteiger charge is -2.32. The summed E-state index contributed by atoms with van der Waals surface area (Å²) in [5.41, 5.74) is 7.38. The zero-order valence-corrected chi connectivity index (χ0v) is 14.8. The van der Waals surface area contributed by atoms with Crippen LogP contribution in [0.4, 0.5) is 0 Å². The molecule has 1 aromatic carbocycles. The maximum absolute atomic E-state index is 6.15. The van der Waals surface area contributed by atoms with Gasteiger partial charge in [0.1, 0.15) is 5.75 Å². The van der Waals surface area contributed by atoms with Gasteiger partial charge in [-0.1, -0.05) is 44.9 Å². The highest BCUT2D eigenvalue weighted by atomic mass is 16.5. The third-order valence-electron chi connectivity index (χ3n) is 3.90. The Morgan fingerprint density at radius 2 is 1.64 bits per heavy atom. The molecule has 0 saturated heterocycles. The minimum Gasteiger partial charge on any atom is -0.491 e. The fourth-order valence-corrected chi connectivity index (χ4v) is 2.74. The molecule has 0 amide bonds. The molecule has 0 fully saturated rings. The molecule has 126 valence electrons. The summed E-state index contributed by atoms with van der Waals surface area (Å²) < 4.78 is 6.01. The number of para-hydroxylation sites is 1. The molecule has 0 aliphatic carbocycles. The number of nitrogens with two attached hydrogens (primary N) is 1. The van der Waals surface area contributed by atoms with E-state index in [1.165, 1.54) is 31.2 Å². The number of rotatable bonds is 11. The van der Waals surface area contributed by atoms with Gasteiger partial charge >= 0.3 is 0 Å². The summed E-state index contributed by atoms with van der Waals surface area (Å²) in [5.74, 6) is 0.978. The first kappa shape index (κ1) is 19.0. The highest BCUT2D eigenvalue weighted by Gasteiger charge is 2.21. The second-order valence-corrected chi connectivity index (χ2v) is 6.20. The molecule has 3 nitrogen and oxygen atoms in total. The van der Waals surface area contributed by atoms with Gasteiger partial charge in [0, 0.05) is 12.1 Å². The Morgan fingerprint density at radius 1 is 1.05 bits per heavy atom. The van der Waals surface area contributed by atoms with E-state index in [-0.39, 0.29) is 12.1 Å². The van der Waals surface area contributed by atoms with Crippen molar-refractivity contribution in [2.24, 2.45) is 5.73 Å². The molecule has 0 aromatic heterocycles. The van der Waals surface area contributed by atoms with Gasteiger partial charge in [-0.05, 0) is 45.8 Å². The van der Waals surface area contributed by atoms with Crippen molar-refractivity contribution in [1.82, 2.24) is 4.90 Å². The van der Waals surface area contributed by atoms with Gasteiger partial charge in [0.15, 0.2) is 0 Å². The fraction of sp³-hybridized carbons (Fsp3) is 0.684. The summed E-state index contributed by atoms with van der Waals surface area (Å²) in [6, 6.07) is 8.60. The van der Waals surface area contributed by atoms with Crippen LogP contribution in [0.25, 0.3) is 0 Å². The second kappa shape index (κ2) is 10.6. The Labute approximate surface area is 136 Å². The zero-order chi connectivity index (χ0) is 16.4. The quantitative estimate of drug-likeness (QED) is 0.659. The molecule has 0 bridgehead atoms. The van der Waals surface area contributed by atoms with Crippen molar-refractivity contribution < 1.29 is 4.74 Å². The van der Waals surface area contributed by atoms with Gasteiger partial charge in [-0.3, -0.25) is 4.90 Å². The first-order valence-corrected chi connectivity index (χ1v) is 8.83. The van der Waals surface area contributed by atoms with E-state index in [1.807, 2.05) is 6.07 Å². The van der Waals surface area contributed by atoms with E-state index in [0.29, 0.717) is 6.54 Å². The normalized spacial score (nSPS) is 12.9. The maximum atomic E-state index is 6.15. The van der Waals surface area contributed by atoms with Gasteiger partial charge in [0.25, 0.3) is 0 Å². The molecule has 1 rings (SSSR count). The summed E-state index contributed by atoms with van der Waals surface area (Å²) >= 11 is 0. The molecule has 0 aliphatic heterocycles. The molecule has 22 heavy (non-hydrogen) atoms. The van der Waals surface area contributed by atoms with Crippen molar-refractivity contribution in [3.8, 4) is 5.75 Å². The summed E-state index contributed by atoms with van der Waals surface area (Å²) in [6.07, 6.45) is 5.04. The molecule has 0 aliphatic rings.